The standard InChI is InChI=1S/C11H13N3O2/c1-11(2)5-3-7-8(14-10(16)13-7)4-6(5)12-9(11)15/h3-4,10,13-14,16H,1-2H3,(H,12,15). The molecule has 0 saturated carbocycles. The maximum absolute atomic E-state index is 11.7. The van der Waals surface area contributed by atoms with Gasteiger partial charge in [0.15, 0.2) is 0 Å². The number of amides is 1. The third-order valence-electron chi connectivity index (χ3n) is 3.23. The summed E-state index contributed by atoms with van der Waals surface area (Å²) in [7, 11) is 0. The van der Waals surface area contributed by atoms with Crippen molar-refractivity contribution in [3.8, 4) is 0 Å². The number of aliphatic hydroxyl groups excluding tert-OH is 1. The molecule has 1 amide bonds. The van der Waals surface area contributed by atoms with Crippen LogP contribution in [0.25, 0.3) is 0 Å². The summed E-state index contributed by atoms with van der Waals surface area (Å²) in [5.74, 6) is 0.00622. The first kappa shape index (κ1) is 9.47. The van der Waals surface area contributed by atoms with E-state index in [0.717, 1.165) is 22.6 Å². The number of carbonyl (C=O) groups excluding carboxylic acids is 1. The first-order chi connectivity index (χ1) is 7.48. The Morgan fingerprint density at radius 3 is 2.50 bits per heavy atom. The second kappa shape index (κ2) is 2.68. The van der Waals surface area contributed by atoms with E-state index in [1.165, 1.54) is 0 Å². The van der Waals surface area contributed by atoms with Gasteiger partial charge in [-0.25, -0.2) is 0 Å². The van der Waals surface area contributed by atoms with Crippen molar-refractivity contribution in [3.05, 3.63) is 17.7 Å². The van der Waals surface area contributed by atoms with E-state index < -0.39 is 11.8 Å². The number of benzene rings is 1. The zero-order valence-electron chi connectivity index (χ0n) is 9.09. The lowest BCUT2D eigenvalue weighted by Gasteiger charge is -2.15. The van der Waals surface area contributed by atoms with Crippen LogP contribution in [0.15, 0.2) is 12.1 Å². The number of fused-ring (bicyclic) bond motifs is 2. The zero-order valence-corrected chi connectivity index (χ0v) is 9.09. The molecule has 84 valence electrons. The lowest BCUT2D eigenvalue weighted by molar-refractivity contribution is -0.119. The summed E-state index contributed by atoms with van der Waals surface area (Å²) in [6, 6.07) is 3.76. The summed E-state index contributed by atoms with van der Waals surface area (Å²) in [6.45, 7) is 3.78. The molecule has 0 saturated heterocycles. The molecule has 3 rings (SSSR count). The summed E-state index contributed by atoms with van der Waals surface area (Å²) in [5.41, 5.74) is 2.90. The molecule has 1 aromatic carbocycles. The Kier molecular flexibility index (Phi) is 1.59. The van der Waals surface area contributed by atoms with Crippen LogP contribution in [0.2, 0.25) is 0 Å². The van der Waals surface area contributed by atoms with Gasteiger partial charge in [0, 0.05) is 5.69 Å². The Morgan fingerprint density at radius 1 is 1.19 bits per heavy atom. The first-order valence-corrected chi connectivity index (χ1v) is 5.19. The fraction of sp³-hybridized carbons (Fsp3) is 0.364. The maximum Gasteiger partial charge on any atom is 0.234 e. The number of hydrogen-bond donors (Lipinski definition) is 4. The van der Waals surface area contributed by atoms with Gasteiger partial charge >= 0.3 is 0 Å². The number of carbonyl (C=O) groups is 1. The number of rotatable bonds is 0. The molecular weight excluding hydrogens is 206 g/mol. The quantitative estimate of drug-likeness (QED) is 0.526. The van der Waals surface area contributed by atoms with Gasteiger partial charge in [-0.1, -0.05) is 0 Å². The fourth-order valence-electron chi connectivity index (χ4n) is 2.19. The average Bonchev–Trinajstić information content (AvgIpc) is 2.63. The van der Waals surface area contributed by atoms with E-state index in [1.54, 1.807) is 0 Å². The van der Waals surface area contributed by atoms with Crippen molar-refractivity contribution in [2.75, 3.05) is 16.0 Å². The van der Waals surface area contributed by atoms with Crippen molar-refractivity contribution in [2.24, 2.45) is 0 Å². The molecule has 5 nitrogen and oxygen atoms in total. The van der Waals surface area contributed by atoms with Crippen LogP contribution >= 0.6 is 0 Å². The topological polar surface area (TPSA) is 73.4 Å². The van der Waals surface area contributed by atoms with Crippen LogP contribution in [0.4, 0.5) is 17.1 Å². The fourth-order valence-corrected chi connectivity index (χ4v) is 2.19. The second-order valence-corrected chi connectivity index (χ2v) is 4.71. The molecule has 0 aromatic heterocycles. The van der Waals surface area contributed by atoms with Crippen LogP contribution in [0, 0.1) is 0 Å². The normalized spacial score (nSPS) is 24.2. The van der Waals surface area contributed by atoms with Gasteiger partial charge in [-0.05, 0) is 31.5 Å². The highest BCUT2D eigenvalue weighted by molar-refractivity contribution is 6.07. The SMILES string of the molecule is CC1(C)C(=O)Nc2cc3c(cc21)NC(O)N3. The van der Waals surface area contributed by atoms with E-state index in [0.29, 0.717) is 0 Å². The molecule has 0 fully saturated rings. The summed E-state index contributed by atoms with van der Waals surface area (Å²) >= 11 is 0. The molecule has 2 heterocycles. The molecule has 4 N–H and O–H groups in total. The largest absolute Gasteiger partial charge is 0.357 e. The monoisotopic (exact) mass is 219 g/mol. The molecule has 2 aliphatic rings. The maximum atomic E-state index is 11.7. The van der Waals surface area contributed by atoms with E-state index in [1.807, 2.05) is 26.0 Å². The Morgan fingerprint density at radius 2 is 1.81 bits per heavy atom. The van der Waals surface area contributed by atoms with Crippen LogP contribution in [0.1, 0.15) is 19.4 Å². The Balaban J connectivity index is 2.16. The van der Waals surface area contributed by atoms with Gasteiger partial charge in [0.1, 0.15) is 0 Å². The molecule has 2 aliphatic heterocycles. The minimum absolute atomic E-state index is 0.00622. The van der Waals surface area contributed by atoms with Crippen LogP contribution in [-0.4, -0.2) is 17.4 Å². The second-order valence-electron chi connectivity index (χ2n) is 4.71. The lowest BCUT2D eigenvalue weighted by atomic mass is 9.86. The van der Waals surface area contributed by atoms with E-state index in [-0.39, 0.29) is 5.91 Å². The molecule has 1 aromatic rings. The number of anilines is 3. The molecular formula is C11H13N3O2. The summed E-state index contributed by atoms with van der Waals surface area (Å²) < 4.78 is 0. The third kappa shape index (κ3) is 1.06. The lowest BCUT2D eigenvalue weighted by Crippen LogP contribution is -2.27. The van der Waals surface area contributed by atoms with E-state index in [2.05, 4.69) is 16.0 Å². The van der Waals surface area contributed by atoms with Gasteiger partial charge in [0.05, 0.1) is 16.8 Å². The summed E-state index contributed by atoms with van der Waals surface area (Å²) in [4.78, 5) is 11.7. The molecule has 0 radical (unpaired) electrons. The average molecular weight is 219 g/mol. The predicted molar refractivity (Wildman–Crippen MR) is 61.3 cm³/mol. The predicted octanol–water partition coefficient (Wildman–Crippen LogP) is 1.03. The Bertz CT molecular complexity index is 496. The van der Waals surface area contributed by atoms with Gasteiger partial charge in [0.2, 0.25) is 12.3 Å². The van der Waals surface area contributed by atoms with Gasteiger partial charge < -0.3 is 21.1 Å². The number of nitrogens with one attached hydrogen (secondary N) is 3. The molecule has 0 spiro atoms. The number of hydrogen-bond acceptors (Lipinski definition) is 4. The zero-order chi connectivity index (χ0) is 11.5. The van der Waals surface area contributed by atoms with Crippen molar-refractivity contribution in [3.63, 3.8) is 0 Å². The van der Waals surface area contributed by atoms with Crippen molar-refractivity contribution >= 4 is 23.0 Å². The van der Waals surface area contributed by atoms with Crippen LogP contribution in [0.3, 0.4) is 0 Å². The van der Waals surface area contributed by atoms with Crippen LogP contribution in [-0.2, 0) is 10.2 Å². The molecule has 1 unspecified atom stereocenters. The number of aliphatic hydroxyl groups is 1. The summed E-state index contributed by atoms with van der Waals surface area (Å²) in [6.07, 6.45) is -0.753. The van der Waals surface area contributed by atoms with Gasteiger partial charge in [-0.2, -0.15) is 0 Å². The molecule has 0 aliphatic carbocycles. The van der Waals surface area contributed by atoms with E-state index in [4.69, 9.17) is 0 Å². The van der Waals surface area contributed by atoms with Gasteiger partial charge in [-0.3, -0.25) is 4.79 Å². The highest BCUT2D eigenvalue weighted by atomic mass is 16.3. The highest BCUT2D eigenvalue weighted by Crippen LogP contribution is 2.43. The third-order valence-corrected chi connectivity index (χ3v) is 3.23. The molecule has 1 atom stereocenters. The van der Waals surface area contributed by atoms with Crippen LogP contribution < -0.4 is 16.0 Å². The minimum Gasteiger partial charge on any atom is -0.357 e. The molecule has 5 heteroatoms. The van der Waals surface area contributed by atoms with E-state index in [9.17, 15) is 9.90 Å². The van der Waals surface area contributed by atoms with Crippen molar-refractivity contribution in [1.82, 2.24) is 0 Å². The molecule has 0 bridgehead atoms. The van der Waals surface area contributed by atoms with Crippen LogP contribution in [0.5, 0.6) is 0 Å². The first-order valence-electron chi connectivity index (χ1n) is 5.19. The van der Waals surface area contributed by atoms with Gasteiger partial charge in [0.25, 0.3) is 0 Å². The highest BCUT2D eigenvalue weighted by Gasteiger charge is 2.39. The smallest absolute Gasteiger partial charge is 0.234 e. The summed E-state index contributed by atoms with van der Waals surface area (Å²) in [5, 5.41) is 18.0. The molecule has 16 heavy (non-hydrogen) atoms. The van der Waals surface area contributed by atoms with Crippen molar-refractivity contribution in [1.29, 1.82) is 0 Å². The van der Waals surface area contributed by atoms with Crippen molar-refractivity contribution in [2.45, 2.75) is 25.6 Å². The van der Waals surface area contributed by atoms with Gasteiger partial charge in [-0.15, -0.1) is 0 Å². The Labute approximate surface area is 92.8 Å². The Hall–Kier alpha value is -1.75. The van der Waals surface area contributed by atoms with E-state index >= 15 is 0 Å². The minimum atomic E-state index is -0.753. The van der Waals surface area contributed by atoms with Crippen molar-refractivity contribution < 1.29 is 9.90 Å².